The van der Waals surface area contributed by atoms with Crippen LogP contribution in [-0.4, -0.2) is 25.0 Å². The van der Waals surface area contributed by atoms with Crippen molar-refractivity contribution in [2.75, 3.05) is 18.0 Å². The minimum atomic E-state index is 0.0981. The number of ketones is 1. The average molecular weight is 247 g/mol. The molecule has 0 fully saturated rings. The van der Waals surface area contributed by atoms with Crippen molar-refractivity contribution in [2.45, 2.75) is 33.8 Å². The summed E-state index contributed by atoms with van der Waals surface area (Å²) in [5, 5.41) is 0. The summed E-state index contributed by atoms with van der Waals surface area (Å²) in [5.41, 5.74) is 1.80. The molecule has 1 aromatic rings. The predicted molar refractivity (Wildman–Crippen MR) is 73.6 cm³/mol. The fraction of sp³-hybridized carbons (Fsp3) is 0.533. The molecule has 3 nitrogen and oxygen atoms in total. The van der Waals surface area contributed by atoms with Crippen LogP contribution in [0.5, 0.6) is 5.75 Å². The first-order valence-corrected chi connectivity index (χ1v) is 6.54. The summed E-state index contributed by atoms with van der Waals surface area (Å²) >= 11 is 0. The Morgan fingerprint density at radius 3 is 2.83 bits per heavy atom. The number of ether oxygens (including phenoxy) is 1. The summed E-state index contributed by atoms with van der Waals surface area (Å²) < 4.78 is 5.83. The quantitative estimate of drug-likeness (QED) is 0.768. The van der Waals surface area contributed by atoms with Gasteiger partial charge >= 0.3 is 0 Å². The summed E-state index contributed by atoms with van der Waals surface area (Å²) in [6.07, 6.45) is 0.194. The maximum absolute atomic E-state index is 11.5. The molecule has 0 saturated carbocycles. The van der Waals surface area contributed by atoms with Gasteiger partial charge in [-0.05, 0) is 38.0 Å². The van der Waals surface area contributed by atoms with Gasteiger partial charge in [-0.3, -0.25) is 4.79 Å². The van der Waals surface area contributed by atoms with Gasteiger partial charge in [-0.25, -0.2) is 0 Å². The average Bonchev–Trinajstić information content (AvgIpc) is 2.27. The first kappa shape index (κ1) is 12.9. The van der Waals surface area contributed by atoms with E-state index >= 15 is 0 Å². The SMILES string of the molecule is CC(=O)c1ccc2c(c1)N(CC(C)C)CC(C)O2. The summed E-state index contributed by atoms with van der Waals surface area (Å²) in [4.78, 5) is 13.8. The molecule has 1 aliphatic heterocycles. The molecule has 0 saturated heterocycles. The van der Waals surface area contributed by atoms with E-state index < -0.39 is 0 Å². The van der Waals surface area contributed by atoms with Gasteiger partial charge in [0.25, 0.3) is 0 Å². The molecule has 0 bridgehead atoms. The molecule has 0 amide bonds. The Bertz CT molecular complexity index is 454. The van der Waals surface area contributed by atoms with Gasteiger partial charge in [0.15, 0.2) is 5.78 Å². The molecule has 0 aromatic heterocycles. The zero-order valence-corrected chi connectivity index (χ0v) is 11.6. The van der Waals surface area contributed by atoms with E-state index in [0.29, 0.717) is 5.92 Å². The highest BCUT2D eigenvalue weighted by atomic mass is 16.5. The molecule has 1 heterocycles. The normalized spacial score (nSPS) is 18.5. The number of carbonyl (C=O) groups excluding carboxylic acids is 1. The van der Waals surface area contributed by atoms with Crippen LogP contribution in [0.25, 0.3) is 0 Å². The summed E-state index contributed by atoms with van der Waals surface area (Å²) in [7, 11) is 0. The van der Waals surface area contributed by atoms with Crippen molar-refractivity contribution in [3.63, 3.8) is 0 Å². The topological polar surface area (TPSA) is 29.5 Å². The van der Waals surface area contributed by atoms with Crippen molar-refractivity contribution in [1.29, 1.82) is 0 Å². The number of Topliss-reactive ketones (excluding diaryl/α,β-unsaturated/α-hetero) is 1. The standard InChI is InChI=1S/C15H21NO2/c1-10(2)8-16-9-11(3)18-15-6-5-13(12(4)17)7-14(15)16/h5-7,10-11H,8-9H2,1-4H3. The molecule has 1 atom stereocenters. The number of anilines is 1. The molecule has 18 heavy (non-hydrogen) atoms. The zero-order chi connectivity index (χ0) is 13.3. The van der Waals surface area contributed by atoms with Crippen LogP contribution in [0, 0.1) is 5.92 Å². The van der Waals surface area contributed by atoms with E-state index in [1.807, 2.05) is 18.2 Å². The number of hydrogen-bond donors (Lipinski definition) is 0. The highest BCUT2D eigenvalue weighted by Gasteiger charge is 2.24. The molecule has 3 heteroatoms. The van der Waals surface area contributed by atoms with E-state index in [0.717, 1.165) is 30.1 Å². The highest BCUT2D eigenvalue weighted by Crippen LogP contribution is 2.34. The molecule has 0 radical (unpaired) electrons. The second-order valence-electron chi connectivity index (χ2n) is 5.47. The van der Waals surface area contributed by atoms with Crippen LogP contribution in [0.2, 0.25) is 0 Å². The lowest BCUT2D eigenvalue weighted by Crippen LogP contribution is -2.40. The molecular weight excluding hydrogens is 226 g/mol. The Hall–Kier alpha value is -1.51. The molecular formula is C15H21NO2. The van der Waals surface area contributed by atoms with E-state index in [-0.39, 0.29) is 11.9 Å². The summed E-state index contributed by atoms with van der Waals surface area (Å²) in [5.74, 6) is 1.57. The molecule has 0 N–H and O–H groups in total. The van der Waals surface area contributed by atoms with Gasteiger partial charge in [0.05, 0.1) is 12.2 Å². The van der Waals surface area contributed by atoms with Gasteiger partial charge in [-0.1, -0.05) is 13.8 Å². The Morgan fingerprint density at radius 1 is 1.50 bits per heavy atom. The van der Waals surface area contributed by atoms with Crippen molar-refractivity contribution in [2.24, 2.45) is 5.92 Å². The fourth-order valence-electron chi connectivity index (χ4n) is 2.36. The van der Waals surface area contributed by atoms with Gasteiger partial charge in [-0.2, -0.15) is 0 Å². The fourth-order valence-corrected chi connectivity index (χ4v) is 2.36. The Balaban J connectivity index is 2.37. The predicted octanol–water partition coefficient (Wildman–Crippen LogP) is 3.13. The Labute approximate surface area is 109 Å². The first-order chi connectivity index (χ1) is 8.47. The van der Waals surface area contributed by atoms with Crippen LogP contribution in [-0.2, 0) is 0 Å². The summed E-state index contributed by atoms with van der Waals surface area (Å²) in [6, 6.07) is 5.70. The number of benzene rings is 1. The first-order valence-electron chi connectivity index (χ1n) is 6.54. The third-order valence-corrected chi connectivity index (χ3v) is 3.10. The smallest absolute Gasteiger partial charge is 0.159 e. The van der Waals surface area contributed by atoms with E-state index in [1.165, 1.54) is 0 Å². The third kappa shape index (κ3) is 2.66. The largest absolute Gasteiger partial charge is 0.487 e. The third-order valence-electron chi connectivity index (χ3n) is 3.10. The second-order valence-corrected chi connectivity index (χ2v) is 5.47. The molecule has 1 unspecified atom stereocenters. The number of carbonyl (C=O) groups is 1. The Morgan fingerprint density at radius 2 is 2.22 bits per heavy atom. The number of hydrogen-bond acceptors (Lipinski definition) is 3. The lowest BCUT2D eigenvalue weighted by molar-refractivity contribution is 0.101. The molecule has 98 valence electrons. The molecule has 0 spiro atoms. The molecule has 1 aliphatic rings. The van der Waals surface area contributed by atoms with Gasteiger partial charge in [-0.15, -0.1) is 0 Å². The van der Waals surface area contributed by atoms with Crippen LogP contribution < -0.4 is 9.64 Å². The number of fused-ring (bicyclic) bond motifs is 1. The van der Waals surface area contributed by atoms with E-state index in [9.17, 15) is 4.79 Å². The van der Waals surface area contributed by atoms with Gasteiger partial charge in [0.2, 0.25) is 0 Å². The number of rotatable bonds is 3. The minimum absolute atomic E-state index is 0.0981. The molecule has 1 aromatic carbocycles. The highest BCUT2D eigenvalue weighted by molar-refractivity contribution is 5.95. The Kier molecular flexibility index (Phi) is 3.60. The van der Waals surface area contributed by atoms with Crippen LogP contribution in [0.1, 0.15) is 38.1 Å². The van der Waals surface area contributed by atoms with Crippen LogP contribution in [0.15, 0.2) is 18.2 Å². The van der Waals surface area contributed by atoms with Crippen molar-refractivity contribution < 1.29 is 9.53 Å². The van der Waals surface area contributed by atoms with Gasteiger partial charge in [0.1, 0.15) is 11.9 Å². The zero-order valence-electron chi connectivity index (χ0n) is 11.6. The van der Waals surface area contributed by atoms with Crippen LogP contribution in [0.3, 0.4) is 0 Å². The molecule has 2 rings (SSSR count). The van der Waals surface area contributed by atoms with Gasteiger partial charge in [0, 0.05) is 12.1 Å². The van der Waals surface area contributed by atoms with Gasteiger partial charge < -0.3 is 9.64 Å². The van der Waals surface area contributed by atoms with E-state index in [4.69, 9.17) is 4.74 Å². The maximum Gasteiger partial charge on any atom is 0.159 e. The lowest BCUT2D eigenvalue weighted by atomic mass is 10.1. The van der Waals surface area contributed by atoms with Crippen molar-refractivity contribution in [1.82, 2.24) is 0 Å². The van der Waals surface area contributed by atoms with Crippen molar-refractivity contribution >= 4 is 11.5 Å². The van der Waals surface area contributed by atoms with Crippen molar-refractivity contribution in [3.8, 4) is 5.75 Å². The monoisotopic (exact) mass is 247 g/mol. The minimum Gasteiger partial charge on any atom is -0.487 e. The number of nitrogens with zero attached hydrogens (tertiary/aromatic N) is 1. The maximum atomic E-state index is 11.5. The van der Waals surface area contributed by atoms with Crippen molar-refractivity contribution in [3.05, 3.63) is 23.8 Å². The lowest BCUT2D eigenvalue weighted by Gasteiger charge is -2.36. The van der Waals surface area contributed by atoms with Crippen LogP contribution >= 0.6 is 0 Å². The second kappa shape index (κ2) is 5.01. The van der Waals surface area contributed by atoms with Crippen LogP contribution in [0.4, 0.5) is 5.69 Å². The summed E-state index contributed by atoms with van der Waals surface area (Å²) in [6.45, 7) is 9.95. The van der Waals surface area contributed by atoms with E-state index in [1.54, 1.807) is 6.92 Å². The van der Waals surface area contributed by atoms with E-state index in [2.05, 4.69) is 25.7 Å². The molecule has 0 aliphatic carbocycles.